The maximum Gasteiger partial charge on any atom is 0.695 e. The van der Waals surface area contributed by atoms with Crippen LogP contribution in [0.25, 0.3) is 0 Å². The van der Waals surface area contributed by atoms with E-state index in [0.717, 1.165) is 32.1 Å². The molecule has 0 amide bonds. The topological polar surface area (TPSA) is 82.5 Å². The van der Waals surface area contributed by atoms with Crippen LogP contribution in [0.3, 0.4) is 0 Å². The predicted octanol–water partition coefficient (Wildman–Crippen LogP) is 4.53. The van der Waals surface area contributed by atoms with Gasteiger partial charge in [0.2, 0.25) is 0 Å². The highest BCUT2D eigenvalue weighted by molar-refractivity contribution is 7.32. The van der Waals surface area contributed by atoms with Crippen molar-refractivity contribution in [2.75, 3.05) is 39.3 Å². The number of hydrogen-bond acceptors (Lipinski definition) is 6. The number of ether oxygens (including phenoxy) is 1. The molecule has 0 bridgehead atoms. The summed E-state index contributed by atoms with van der Waals surface area (Å²) in [6.07, 6.45) is 6.06. The number of para-hydroxylation sites is 1. The molecule has 3 unspecified atom stereocenters. The van der Waals surface area contributed by atoms with Gasteiger partial charge in [0.05, 0.1) is 0 Å². The fourth-order valence-corrected chi connectivity index (χ4v) is 5.78. The highest BCUT2D eigenvalue weighted by Gasteiger charge is 2.32. The fourth-order valence-electron chi connectivity index (χ4n) is 5.53. The molecule has 0 spiro atoms. The van der Waals surface area contributed by atoms with Crippen LogP contribution in [0, 0.1) is 5.92 Å². The van der Waals surface area contributed by atoms with E-state index in [1.54, 1.807) is 12.1 Å². The quantitative estimate of drug-likeness (QED) is 0.438. The van der Waals surface area contributed by atoms with Crippen molar-refractivity contribution in [3.63, 3.8) is 0 Å². The smallest absolute Gasteiger partial charge is 0.490 e. The van der Waals surface area contributed by atoms with E-state index in [9.17, 15) is 9.67 Å². The molecule has 0 radical (unpaired) electrons. The lowest BCUT2D eigenvalue weighted by molar-refractivity contribution is 0.0223. The Hall–Kier alpha value is -1.86. The first-order valence-corrected chi connectivity index (χ1v) is 13.9. The molecule has 2 aromatic rings. The Balaban J connectivity index is 1.27. The van der Waals surface area contributed by atoms with Gasteiger partial charge in [-0.1, -0.05) is 67.8 Å². The van der Waals surface area contributed by atoms with Gasteiger partial charge in [-0.3, -0.25) is 9.80 Å². The van der Waals surface area contributed by atoms with Crippen molar-refractivity contribution in [1.82, 2.24) is 9.80 Å². The molecule has 2 fully saturated rings. The first-order chi connectivity index (χ1) is 17.1. The Morgan fingerprint density at radius 2 is 1.63 bits per heavy atom. The highest BCUT2D eigenvalue weighted by atomic mass is 31.1. The number of nitrogens with zero attached hydrogens (tertiary/aromatic N) is 2. The van der Waals surface area contributed by atoms with Crippen LogP contribution in [0.2, 0.25) is 0 Å². The molecule has 1 heterocycles. The number of hydrogen-bond donors (Lipinski definition) is 2. The summed E-state index contributed by atoms with van der Waals surface area (Å²) in [6, 6.07) is 18.7. The summed E-state index contributed by atoms with van der Waals surface area (Å²) in [5, 5.41) is 10.6. The van der Waals surface area contributed by atoms with Crippen molar-refractivity contribution in [3.8, 4) is 5.75 Å². The number of aliphatic hydroxyl groups is 1. The minimum atomic E-state index is -2.66. The monoisotopic (exact) mass is 501 g/mol. The lowest BCUT2D eigenvalue weighted by Crippen LogP contribution is -2.51. The van der Waals surface area contributed by atoms with Crippen LogP contribution in [0.4, 0.5) is 0 Å². The Morgan fingerprint density at radius 1 is 0.943 bits per heavy atom. The second kappa shape index (κ2) is 13.4. The molecular formula is C27H38N2O5P+. The number of benzene rings is 2. The molecule has 3 atom stereocenters. The second-order valence-electron chi connectivity index (χ2n) is 9.67. The van der Waals surface area contributed by atoms with Crippen molar-refractivity contribution in [3.05, 3.63) is 65.7 Å². The predicted molar refractivity (Wildman–Crippen MR) is 136 cm³/mol. The van der Waals surface area contributed by atoms with E-state index in [0.29, 0.717) is 23.9 Å². The zero-order chi connectivity index (χ0) is 24.5. The first-order valence-electron chi connectivity index (χ1n) is 12.8. The molecule has 35 heavy (non-hydrogen) atoms. The van der Waals surface area contributed by atoms with E-state index in [-0.39, 0.29) is 13.2 Å². The van der Waals surface area contributed by atoms with Gasteiger partial charge in [0.15, 0.2) is 0 Å². The Bertz CT molecular complexity index is 917. The van der Waals surface area contributed by atoms with Crippen LogP contribution in [0.1, 0.15) is 49.3 Å². The van der Waals surface area contributed by atoms with Crippen LogP contribution in [-0.4, -0.2) is 65.2 Å². The van der Waals surface area contributed by atoms with Crippen LogP contribution < -0.4 is 4.74 Å². The zero-order valence-electron chi connectivity index (χ0n) is 20.4. The molecule has 2 aliphatic rings. The molecule has 1 aliphatic heterocycles. The molecule has 2 aromatic carbocycles. The normalized spacial score (nSPS) is 20.3. The SMILES string of the molecule is O=[P+](O)OCc1ccccc1OCC(O)CN1CCN(C(c2ccccc2)C2CCCCC2)CC1. The summed E-state index contributed by atoms with van der Waals surface area (Å²) >= 11 is 0. The molecular weight excluding hydrogens is 463 g/mol. The lowest BCUT2D eigenvalue weighted by atomic mass is 9.80. The molecule has 1 saturated heterocycles. The molecule has 4 rings (SSSR count). The third kappa shape index (κ3) is 7.81. The molecule has 190 valence electrons. The van der Waals surface area contributed by atoms with Gasteiger partial charge in [-0.25, -0.2) is 0 Å². The standard InChI is InChI=1S/C27H37N2O5P/c30-25(21-33-26-14-8-7-13-24(26)20-34-35(31)32)19-28-15-17-29(18-16-28)27(22-9-3-1-4-10-22)23-11-5-2-6-12-23/h1,3-4,7-10,13-14,23,25,27,30H,2,5-6,11-12,15-21H2/p+1. The molecule has 8 heteroatoms. The summed E-state index contributed by atoms with van der Waals surface area (Å²) in [5.41, 5.74) is 2.12. The Labute approximate surface area is 209 Å². The van der Waals surface area contributed by atoms with Gasteiger partial charge in [0, 0.05) is 48.9 Å². The molecule has 7 nitrogen and oxygen atoms in total. The van der Waals surface area contributed by atoms with Crippen molar-refractivity contribution in [2.24, 2.45) is 5.92 Å². The van der Waals surface area contributed by atoms with E-state index in [4.69, 9.17) is 14.2 Å². The number of β-amino-alcohol motifs (C(OH)–C–C–N with tert-alkyl or cyclic N) is 1. The van der Waals surface area contributed by atoms with E-state index < -0.39 is 14.4 Å². The average molecular weight is 502 g/mol. The van der Waals surface area contributed by atoms with Gasteiger partial charge in [0.1, 0.15) is 25.1 Å². The van der Waals surface area contributed by atoms with Crippen LogP contribution in [-0.2, 0) is 15.7 Å². The maximum absolute atomic E-state index is 10.8. The largest absolute Gasteiger partial charge is 0.695 e. The van der Waals surface area contributed by atoms with E-state index in [2.05, 4.69) is 40.1 Å². The Kier molecular flexibility index (Phi) is 10.1. The van der Waals surface area contributed by atoms with Crippen molar-refractivity contribution >= 4 is 8.25 Å². The van der Waals surface area contributed by atoms with E-state index in [1.165, 1.54) is 37.7 Å². The third-order valence-electron chi connectivity index (χ3n) is 7.24. The van der Waals surface area contributed by atoms with Gasteiger partial charge >= 0.3 is 8.25 Å². The average Bonchev–Trinajstić information content (AvgIpc) is 2.89. The zero-order valence-corrected chi connectivity index (χ0v) is 21.3. The van der Waals surface area contributed by atoms with Crippen molar-refractivity contribution in [2.45, 2.75) is 50.9 Å². The van der Waals surface area contributed by atoms with E-state index in [1.807, 2.05) is 12.1 Å². The lowest BCUT2D eigenvalue weighted by Gasteiger charge is -2.44. The summed E-state index contributed by atoms with van der Waals surface area (Å²) in [4.78, 5) is 13.9. The van der Waals surface area contributed by atoms with Crippen LogP contribution in [0.15, 0.2) is 54.6 Å². The number of piperazine rings is 1. The van der Waals surface area contributed by atoms with Crippen molar-refractivity contribution in [1.29, 1.82) is 0 Å². The van der Waals surface area contributed by atoms with Gasteiger partial charge in [-0.2, -0.15) is 0 Å². The summed E-state index contributed by atoms with van der Waals surface area (Å²) in [7, 11) is -2.66. The van der Waals surface area contributed by atoms with Gasteiger partial charge in [-0.05, 0) is 30.4 Å². The second-order valence-corrected chi connectivity index (χ2v) is 10.4. The minimum absolute atomic E-state index is 0.0104. The van der Waals surface area contributed by atoms with Crippen LogP contribution in [0.5, 0.6) is 5.75 Å². The first kappa shape index (κ1) is 26.2. The highest BCUT2D eigenvalue weighted by Crippen LogP contribution is 2.38. The maximum atomic E-state index is 10.8. The van der Waals surface area contributed by atoms with Gasteiger partial charge in [0.25, 0.3) is 0 Å². The van der Waals surface area contributed by atoms with Crippen molar-refractivity contribution < 1.29 is 23.8 Å². The molecule has 0 aromatic heterocycles. The van der Waals surface area contributed by atoms with Gasteiger partial charge < -0.3 is 9.84 Å². The third-order valence-corrected chi connectivity index (χ3v) is 7.59. The minimum Gasteiger partial charge on any atom is -0.490 e. The molecule has 1 saturated carbocycles. The number of aliphatic hydroxyl groups excluding tert-OH is 1. The summed E-state index contributed by atoms with van der Waals surface area (Å²) in [6.45, 7) is 4.59. The summed E-state index contributed by atoms with van der Waals surface area (Å²) in [5.74, 6) is 1.29. The fraction of sp³-hybridized carbons (Fsp3) is 0.556. The van der Waals surface area contributed by atoms with E-state index >= 15 is 0 Å². The number of rotatable bonds is 11. The molecule has 1 aliphatic carbocycles. The van der Waals surface area contributed by atoms with Gasteiger partial charge in [-0.15, -0.1) is 9.42 Å². The Morgan fingerprint density at radius 3 is 2.34 bits per heavy atom. The van der Waals surface area contributed by atoms with Crippen LogP contribution >= 0.6 is 8.25 Å². The molecule has 2 N–H and O–H groups in total. The summed E-state index contributed by atoms with van der Waals surface area (Å²) < 4.78 is 21.5.